The number of rotatable bonds is 7. The molecule has 0 bridgehead atoms. The second kappa shape index (κ2) is 13.4. The lowest BCUT2D eigenvalue weighted by atomic mass is 10.2. The van der Waals surface area contributed by atoms with E-state index < -0.39 is 0 Å². The van der Waals surface area contributed by atoms with Gasteiger partial charge in [0, 0.05) is 0 Å². The van der Waals surface area contributed by atoms with Crippen LogP contribution in [0.15, 0.2) is 21.0 Å². The number of nitrogens with zero attached hydrogens (tertiary/aromatic N) is 1. The quantitative estimate of drug-likeness (QED) is 0.375. The lowest BCUT2D eigenvalue weighted by Gasteiger charge is -2.14. The first-order valence-electron chi connectivity index (χ1n) is 6.88. The molecule has 0 spiro atoms. The Balaban J connectivity index is 0. The van der Waals surface area contributed by atoms with Crippen LogP contribution >= 0.6 is 22.6 Å². The number of aliphatic hydroxyl groups is 1. The molecule has 0 fully saturated rings. The van der Waals surface area contributed by atoms with Gasteiger partial charge in [0.2, 0.25) is 0 Å². The second-order valence-corrected chi connectivity index (χ2v) is 5.65. The molecule has 0 saturated carbocycles. The molecule has 18 heavy (non-hydrogen) atoms. The molecule has 0 radical (unpaired) electrons. The second-order valence-electron chi connectivity index (χ2n) is 4.27. The molecule has 0 aromatic rings. The monoisotopic (exact) mass is 367 g/mol. The third kappa shape index (κ3) is 12.4. The average Bonchev–Trinajstić information content (AvgIpc) is 2.31. The third-order valence-electron chi connectivity index (χ3n) is 2.50. The average molecular weight is 367 g/mol. The summed E-state index contributed by atoms with van der Waals surface area (Å²) < 4.78 is 1.31. The summed E-state index contributed by atoms with van der Waals surface area (Å²) in [6, 6.07) is 0. The zero-order chi connectivity index (χ0) is 14.6. The number of aliphatic hydroxyl groups excluding tert-OH is 1. The molecule has 0 saturated heterocycles. The fourth-order valence-electron chi connectivity index (χ4n) is 1.42. The Labute approximate surface area is 127 Å². The van der Waals surface area contributed by atoms with Crippen molar-refractivity contribution in [3.63, 3.8) is 0 Å². The van der Waals surface area contributed by atoms with Crippen molar-refractivity contribution in [1.29, 1.82) is 0 Å². The van der Waals surface area contributed by atoms with E-state index in [1.165, 1.54) is 23.0 Å². The Bertz CT molecular complexity index is 255. The minimum Gasteiger partial charge on any atom is -0.512 e. The number of hydrogen-bond acceptors (Lipinski definition) is 2. The molecular weight excluding hydrogens is 337 g/mol. The van der Waals surface area contributed by atoms with Crippen molar-refractivity contribution < 1.29 is 5.11 Å². The minimum absolute atomic E-state index is 0.414. The maximum atomic E-state index is 9.28. The zero-order valence-corrected chi connectivity index (χ0v) is 15.0. The highest BCUT2D eigenvalue weighted by Gasteiger charge is 1.99. The summed E-state index contributed by atoms with van der Waals surface area (Å²) in [5, 5.41) is 9.28. The Morgan fingerprint density at radius 3 is 2.22 bits per heavy atom. The van der Waals surface area contributed by atoms with Crippen molar-refractivity contribution in [3.05, 3.63) is 21.0 Å². The molecule has 0 amide bonds. The van der Waals surface area contributed by atoms with Gasteiger partial charge in [-0.05, 0) is 91.1 Å². The van der Waals surface area contributed by atoms with Crippen LogP contribution in [0.25, 0.3) is 0 Å². The van der Waals surface area contributed by atoms with Gasteiger partial charge in [0.25, 0.3) is 0 Å². The van der Waals surface area contributed by atoms with Crippen LogP contribution in [0, 0.1) is 0 Å². The van der Waals surface area contributed by atoms with Gasteiger partial charge in [-0.15, -0.1) is 0 Å². The van der Waals surface area contributed by atoms with Crippen LogP contribution in [0.4, 0.5) is 0 Å². The van der Waals surface area contributed by atoms with Crippen molar-refractivity contribution >= 4 is 22.6 Å². The topological polar surface area (TPSA) is 23.5 Å². The van der Waals surface area contributed by atoms with Gasteiger partial charge in [0.05, 0.1) is 5.76 Å². The summed E-state index contributed by atoms with van der Waals surface area (Å²) in [6.07, 6.45) is 5.56. The van der Waals surface area contributed by atoms with Gasteiger partial charge >= 0.3 is 0 Å². The molecule has 0 aliphatic carbocycles. The fourth-order valence-corrected chi connectivity index (χ4v) is 2.27. The maximum Gasteiger partial charge on any atom is 0.0921 e. The third-order valence-corrected chi connectivity index (χ3v) is 3.36. The van der Waals surface area contributed by atoms with Crippen LogP contribution < -0.4 is 0 Å². The van der Waals surface area contributed by atoms with Crippen molar-refractivity contribution in [2.24, 2.45) is 0 Å². The van der Waals surface area contributed by atoms with Crippen LogP contribution in [-0.4, -0.2) is 30.1 Å². The normalized spacial score (nSPS) is 13.0. The highest BCUT2D eigenvalue weighted by atomic mass is 127. The molecule has 108 valence electrons. The summed E-state index contributed by atoms with van der Waals surface area (Å²) in [6.45, 7) is 12.2. The molecule has 0 aromatic heterocycles. The molecule has 0 aromatic carbocycles. The van der Waals surface area contributed by atoms with Crippen LogP contribution in [0.1, 0.15) is 53.9 Å². The first kappa shape index (κ1) is 20.3. The van der Waals surface area contributed by atoms with Crippen molar-refractivity contribution in [3.8, 4) is 0 Å². The minimum atomic E-state index is 0.414. The van der Waals surface area contributed by atoms with E-state index in [0.29, 0.717) is 5.76 Å². The molecule has 0 atom stereocenters. The number of hydrogen-bond donors (Lipinski definition) is 1. The van der Waals surface area contributed by atoms with Crippen molar-refractivity contribution in [2.75, 3.05) is 20.1 Å². The van der Waals surface area contributed by atoms with Crippen LogP contribution in [0.3, 0.4) is 0 Å². The van der Waals surface area contributed by atoms with Gasteiger partial charge in [0.1, 0.15) is 0 Å². The van der Waals surface area contributed by atoms with Crippen LogP contribution in [0.2, 0.25) is 0 Å². The summed E-state index contributed by atoms with van der Waals surface area (Å²) in [4.78, 5) is 2.36. The van der Waals surface area contributed by atoms with E-state index in [-0.39, 0.29) is 0 Å². The predicted molar refractivity (Wildman–Crippen MR) is 91.5 cm³/mol. The van der Waals surface area contributed by atoms with Gasteiger partial charge < -0.3 is 10.0 Å². The Kier molecular flexibility index (Phi) is 15.1. The lowest BCUT2D eigenvalue weighted by molar-refractivity contribution is 0.331. The SMILES string of the molecule is CC.CCCN(C)CCC/C(I)=C/C(C)=C(/C)O. The van der Waals surface area contributed by atoms with Gasteiger partial charge in [-0.25, -0.2) is 0 Å². The highest BCUT2D eigenvalue weighted by Crippen LogP contribution is 2.17. The van der Waals surface area contributed by atoms with E-state index in [9.17, 15) is 5.11 Å². The van der Waals surface area contributed by atoms with Gasteiger partial charge in [-0.2, -0.15) is 0 Å². The van der Waals surface area contributed by atoms with E-state index >= 15 is 0 Å². The van der Waals surface area contributed by atoms with E-state index in [1.54, 1.807) is 6.92 Å². The van der Waals surface area contributed by atoms with Crippen LogP contribution in [-0.2, 0) is 0 Å². The molecule has 3 heteroatoms. The summed E-state index contributed by atoms with van der Waals surface area (Å²) in [7, 11) is 2.17. The van der Waals surface area contributed by atoms with Gasteiger partial charge in [0.15, 0.2) is 0 Å². The molecule has 0 unspecified atom stereocenters. The maximum absolute atomic E-state index is 9.28. The van der Waals surface area contributed by atoms with Crippen molar-refractivity contribution in [1.82, 2.24) is 4.90 Å². The summed E-state index contributed by atoms with van der Waals surface area (Å²) in [5.74, 6) is 0.414. The van der Waals surface area contributed by atoms with Crippen molar-refractivity contribution in [2.45, 2.75) is 53.9 Å². The Hall–Kier alpha value is -0.0300. The van der Waals surface area contributed by atoms with E-state index in [2.05, 4.69) is 47.5 Å². The van der Waals surface area contributed by atoms with E-state index in [0.717, 1.165) is 18.5 Å². The summed E-state index contributed by atoms with van der Waals surface area (Å²) in [5.41, 5.74) is 0.964. The largest absolute Gasteiger partial charge is 0.512 e. The highest BCUT2D eigenvalue weighted by molar-refractivity contribution is 14.1. The molecular formula is C15H30INO. The predicted octanol–water partition coefficient (Wildman–Crippen LogP) is 5.31. The smallest absolute Gasteiger partial charge is 0.0921 e. The van der Waals surface area contributed by atoms with Gasteiger partial charge in [-0.1, -0.05) is 20.8 Å². The lowest BCUT2D eigenvalue weighted by Crippen LogP contribution is -2.20. The number of halogens is 1. The van der Waals surface area contributed by atoms with Crippen LogP contribution in [0.5, 0.6) is 0 Å². The standard InChI is InChI=1S/C13H24INO.C2H6/c1-5-8-15(4)9-6-7-13(14)10-11(2)12(3)16;1-2/h10,16H,5-9H2,1-4H3;1-2H3/b12-11-,13-10-;. The molecule has 2 nitrogen and oxygen atoms in total. The first-order chi connectivity index (χ1) is 8.47. The Morgan fingerprint density at radius 1 is 1.22 bits per heavy atom. The molecule has 0 aliphatic heterocycles. The first-order valence-corrected chi connectivity index (χ1v) is 7.96. The van der Waals surface area contributed by atoms with E-state index in [1.807, 2.05) is 20.8 Å². The molecule has 0 heterocycles. The zero-order valence-electron chi connectivity index (χ0n) is 12.9. The number of allylic oxidation sites excluding steroid dienone is 4. The molecule has 0 aliphatic rings. The molecule has 0 rings (SSSR count). The molecule has 1 N–H and O–H groups in total. The fraction of sp³-hybridized carbons (Fsp3) is 0.733. The van der Waals surface area contributed by atoms with E-state index in [4.69, 9.17) is 0 Å². The van der Waals surface area contributed by atoms with Gasteiger partial charge in [-0.3, -0.25) is 0 Å². The summed E-state index contributed by atoms with van der Waals surface area (Å²) >= 11 is 2.36. The Morgan fingerprint density at radius 2 is 1.78 bits per heavy atom.